The number of hydrogen-bond donors (Lipinski definition) is 0. The molecule has 0 N–H and O–H groups in total. The molecule has 0 heterocycles. The first-order chi connectivity index (χ1) is 8.59. The summed E-state index contributed by atoms with van der Waals surface area (Å²) in [5.74, 6) is 2.40. The topological polar surface area (TPSA) is 17.1 Å². The quantitative estimate of drug-likeness (QED) is 0.389. The van der Waals surface area contributed by atoms with E-state index in [2.05, 4.69) is 20.4 Å². The number of fused-ring (bicyclic) bond motifs is 1. The fourth-order valence-corrected chi connectivity index (χ4v) is 4.82. The summed E-state index contributed by atoms with van der Waals surface area (Å²) < 4.78 is 0. The summed E-state index contributed by atoms with van der Waals surface area (Å²) in [6.45, 7) is 9.24. The van der Waals surface area contributed by atoms with Crippen molar-refractivity contribution in [1.29, 1.82) is 0 Å². The van der Waals surface area contributed by atoms with Crippen molar-refractivity contribution in [3.63, 3.8) is 0 Å². The summed E-state index contributed by atoms with van der Waals surface area (Å²) in [5, 5.41) is 0. The number of carbonyl (C=O) groups excluding carboxylic acids is 1. The van der Waals surface area contributed by atoms with E-state index in [0.717, 1.165) is 36.9 Å². The van der Waals surface area contributed by atoms with Gasteiger partial charge in [-0.25, -0.2) is 0 Å². The van der Waals surface area contributed by atoms with Gasteiger partial charge in [0.1, 0.15) is 6.29 Å². The largest absolute Gasteiger partial charge is 0.303 e. The van der Waals surface area contributed by atoms with Crippen molar-refractivity contribution in [3.8, 4) is 0 Å². The second-order valence-corrected chi connectivity index (χ2v) is 6.83. The van der Waals surface area contributed by atoms with Gasteiger partial charge in [-0.15, -0.1) is 0 Å². The Hall–Kier alpha value is -0.590. The van der Waals surface area contributed by atoms with Gasteiger partial charge in [0.05, 0.1) is 0 Å². The molecule has 0 saturated heterocycles. The molecule has 0 amide bonds. The first-order valence-corrected chi connectivity index (χ1v) is 7.71. The third-order valence-electron chi connectivity index (χ3n) is 5.78. The smallest absolute Gasteiger partial charge is 0.119 e. The number of hydrogen-bond acceptors (Lipinski definition) is 1. The highest BCUT2D eigenvalue weighted by atomic mass is 16.1. The summed E-state index contributed by atoms with van der Waals surface area (Å²) in [7, 11) is 0. The molecule has 2 rings (SSSR count). The predicted octanol–water partition coefficient (Wildman–Crippen LogP) is 4.76. The highest BCUT2D eigenvalue weighted by Gasteiger charge is 2.49. The normalized spacial score (nSPS) is 37.3. The minimum absolute atomic E-state index is 0.510. The lowest BCUT2D eigenvalue weighted by Crippen LogP contribution is -2.35. The number of allylic oxidation sites excluding steroid dienone is 1. The summed E-state index contributed by atoms with van der Waals surface area (Å²) in [6, 6.07) is 0. The predicted molar refractivity (Wildman–Crippen MR) is 76.4 cm³/mol. The molecule has 1 heteroatoms. The molecule has 0 spiro atoms. The molecule has 102 valence electrons. The molecule has 2 aliphatic carbocycles. The van der Waals surface area contributed by atoms with Crippen LogP contribution in [0.5, 0.6) is 0 Å². The lowest BCUT2D eigenvalue weighted by molar-refractivity contribution is -0.108. The maximum atomic E-state index is 10.4. The molecule has 18 heavy (non-hydrogen) atoms. The van der Waals surface area contributed by atoms with E-state index in [1.165, 1.54) is 44.1 Å². The van der Waals surface area contributed by atoms with Gasteiger partial charge in [-0.05, 0) is 61.7 Å². The van der Waals surface area contributed by atoms with Crippen LogP contribution in [0.15, 0.2) is 12.2 Å². The minimum atomic E-state index is 0.510. The zero-order chi connectivity index (χ0) is 13.2. The molecule has 4 atom stereocenters. The third-order valence-corrected chi connectivity index (χ3v) is 5.78. The van der Waals surface area contributed by atoms with Gasteiger partial charge in [0.25, 0.3) is 0 Å². The number of carbonyl (C=O) groups is 1. The van der Waals surface area contributed by atoms with Crippen molar-refractivity contribution >= 4 is 6.29 Å². The second kappa shape index (κ2) is 5.59. The maximum Gasteiger partial charge on any atom is 0.119 e. The van der Waals surface area contributed by atoms with Crippen LogP contribution in [0.4, 0.5) is 0 Å². The van der Waals surface area contributed by atoms with Gasteiger partial charge in [0.15, 0.2) is 0 Å². The van der Waals surface area contributed by atoms with Gasteiger partial charge in [0, 0.05) is 6.42 Å². The zero-order valence-corrected chi connectivity index (χ0v) is 12.1. The molecule has 0 aromatic heterocycles. The first-order valence-electron chi connectivity index (χ1n) is 7.71. The van der Waals surface area contributed by atoms with Crippen LogP contribution in [0.2, 0.25) is 0 Å². The number of aldehydes is 1. The molecule has 0 aromatic carbocycles. The van der Waals surface area contributed by atoms with Crippen LogP contribution < -0.4 is 0 Å². The fourth-order valence-electron chi connectivity index (χ4n) is 4.82. The molecular formula is C17H28O. The fraction of sp³-hybridized carbons (Fsp3) is 0.824. The van der Waals surface area contributed by atoms with E-state index in [1.54, 1.807) is 0 Å². The van der Waals surface area contributed by atoms with E-state index in [1.807, 2.05) is 0 Å². The molecule has 0 bridgehead atoms. The maximum absolute atomic E-state index is 10.4. The summed E-state index contributed by atoms with van der Waals surface area (Å²) in [6.07, 6.45) is 10.8. The Morgan fingerprint density at radius 3 is 3.00 bits per heavy atom. The van der Waals surface area contributed by atoms with Crippen molar-refractivity contribution in [2.75, 3.05) is 0 Å². The Labute approximate surface area is 112 Å². The molecule has 0 radical (unpaired) electrons. The van der Waals surface area contributed by atoms with E-state index in [9.17, 15) is 4.79 Å². The zero-order valence-electron chi connectivity index (χ0n) is 12.1. The third kappa shape index (κ3) is 2.41. The molecule has 0 aliphatic heterocycles. The lowest BCUT2D eigenvalue weighted by Gasteiger charge is -2.44. The van der Waals surface area contributed by atoms with Crippen molar-refractivity contribution < 1.29 is 4.79 Å². The van der Waals surface area contributed by atoms with Crippen LogP contribution in [0, 0.1) is 23.2 Å². The van der Waals surface area contributed by atoms with Gasteiger partial charge in [-0.1, -0.05) is 32.4 Å². The second-order valence-electron chi connectivity index (χ2n) is 6.83. The highest BCUT2D eigenvalue weighted by molar-refractivity contribution is 5.48. The van der Waals surface area contributed by atoms with E-state index >= 15 is 0 Å². The highest BCUT2D eigenvalue weighted by Crippen LogP contribution is 2.59. The molecule has 0 aromatic rings. The Bertz CT molecular complexity index is 320. The van der Waals surface area contributed by atoms with Crippen LogP contribution in [-0.4, -0.2) is 6.29 Å². The monoisotopic (exact) mass is 248 g/mol. The van der Waals surface area contributed by atoms with Crippen LogP contribution >= 0.6 is 0 Å². The molecule has 1 nitrogen and oxygen atoms in total. The SMILES string of the molecule is C=C1CCC[C@@]2(C)C1CC[C@@H]2[C@H](C)CCCC=O. The lowest BCUT2D eigenvalue weighted by atomic mass is 9.61. The molecule has 1 unspecified atom stereocenters. The Balaban J connectivity index is 2.01. The standard InChI is InChI=1S/C17H28O/c1-13(7-4-5-12-18)15-9-10-16-14(2)8-6-11-17(15,16)3/h12-13,15-16H,2,4-11H2,1,3H3/t13-,15-,16?,17-/m1/s1. The van der Waals surface area contributed by atoms with Crippen LogP contribution in [0.3, 0.4) is 0 Å². The van der Waals surface area contributed by atoms with Crippen LogP contribution in [0.1, 0.15) is 65.2 Å². The van der Waals surface area contributed by atoms with Crippen LogP contribution in [0.25, 0.3) is 0 Å². The summed E-state index contributed by atoms with van der Waals surface area (Å²) in [5.41, 5.74) is 2.03. The Morgan fingerprint density at radius 1 is 1.50 bits per heavy atom. The Morgan fingerprint density at radius 2 is 2.28 bits per heavy atom. The van der Waals surface area contributed by atoms with Gasteiger partial charge in [-0.3, -0.25) is 0 Å². The summed E-state index contributed by atoms with van der Waals surface area (Å²) >= 11 is 0. The number of rotatable bonds is 5. The van der Waals surface area contributed by atoms with E-state index in [0.29, 0.717) is 5.41 Å². The van der Waals surface area contributed by atoms with Crippen molar-refractivity contribution in [1.82, 2.24) is 0 Å². The molecular weight excluding hydrogens is 220 g/mol. The minimum Gasteiger partial charge on any atom is -0.303 e. The van der Waals surface area contributed by atoms with Crippen molar-refractivity contribution in [2.24, 2.45) is 23.2 Å². The summed E-state index contributed by atoms with van der Waals surface area (Å²) in [4.78, 5) is 10.4. The average Bonchev–Trinajstić information content (AvgIpc) is 2.68. The van der Waals surface area contributed by atoms with E-state index in [4.69, 9.17) is 0 Å². The number of unbranched alkanes of at least 4 members (excludes halogenated alkanes) is 1. The van der Waals surface area contributed by atoms with E-state index in [-0.39, 0.29) is 0 Å². The van der Waals surface area contributed by atoms with Crippen molar-refractivity contribution in [3.05, 3.63) is 12.2 Å². The molecule has 2 aliphatic rings. The van der Waals surface area contributed by atoms with Crippen molar-refractivity contribution in [2.45, 2.75) is 65.2 Å². The molecule has 2 saturated carbocycles. The molecule has 2 fully saturated rings. The van der Waals surface area contributed by atoms with E-state index < -0.39 is 0 Å². The first kappa shape index (κ1) is 13.8. The Kier molecular flexibility index (Phi) is 4.29. The van der Waals surface area contributed by atoms with Gasteiger partial charge in [-0.2, -0.15) is 0 Å². The van der Waals surface area contributed by atoms with Gasteiger partial charge >= 0.3 is 0 Å². The van der Waals surface area contributed by atoms with Crippen LogP contribution in [-0.2, 0) is 4.79 Å². The average molecular weight is 248 g/mol. The van der Waals surface area contributed by atoms with Gasteiger partial charge in [0.2, 0.25) is 0 Å². The van der Waals surface area contributed by atoms with Gasteiger partial charge < -0.3 is 4.79 Å².